The van der Waals surface area contributed by atoms with Gasteiger partial charge in [0.2, 0.25) is 0 Å². The minimum atomic E-state index is -0.463. The molecule has 0 radical (unpaired) electrons. The van der Waals surface area contributed by atoms with Crippen LogP contribution in [0.1, 0.15) is 0 Å². The first-order chi connectivity index (χ1) is 11.2. The van der Waals surface area contributed by atoms with E-state index in [0.717, 1.165) is 37.7 Å². The number of fused-ring (bicyclic) bond motifs is 1. The van der Waals surface area contributed by atoms with Crippen LogP contribution in [0.4, 0.5) is 0 Å². The number of piperazine rings is 1. The van der Waals surface area contributed by atoms with Gasteiger partial charge >= 0.3 is 0 Å². The van der Waals surface area contributed by atoms with Crippen LogP contribution in [0.3, 0.4) is 0 Å². The molecule has 0 aromatic heterocycles. The number of ether oxygens (including phenoxy) is 3. The molecule has 1 aromatic carbocycles. The molecule has 2 aliphatic rings. The summed E-state index contributed by atoms with van der Waals surface area (Å²) in [5.74, 6) is 1.53. The van der Waals surface area contributed by atoms with Crippen molar-refractivity contribution in [2.45, 2.75) is 12.2 Å². The van der Waals surface area contributed by atoms with E-state index in [1.165, 1.54) is 0 Å². The average Bonchev–Trinajstić information content (AvgIpc) is 2.57. The Hall–Kier alpha value is -1.34. The molecule has 0 amide bonds. The third-order valence-electron chi connectivity index (χ3n) is 4.25. The van der Waals surface area contributed by atoms with Gasteiger partial charge in [0.15, 0.2) is 17.6 Å². The van der Waals surface area contributed by atoms with Gasteiger partial charge in [0.1, 0.15) is 6.61 Å². The summed E-state index contributed by atoms with van der Waals surface area (Å²) in [5.41, 5.74) is 0. The molecule has 0 spiro atoms. The van der Waals surface area contributed by atoms with E-state index in [2.05, 4.69) is 16.8 Å². The van der Waals surface area contributed by atoms with Crippen molar-refractivity contribution in [3.8, 4) is 11.5 Å². The van der Waals surface area contributed by atoms with E-state index >= 15 is 0 Å². The molecule has 2 atom stereocenters. The number of rotatable bonds is 6. The highest BCUT2D eigenvalue weighted by Gasteiger charge is 2.22. The Kier molecular flexibility index (Phi) is 5.72. The van der Waals surface area contributed by atoms with Gasteiger partial charge in [0.05, 0.1) is 19.3 Å². The van der Waals surface area contributed by atoms with Crippen molar-refractivity contribution < 1.29 is 19.3 Å². The van der Waals surface area contributed by atoms with Crippen molar-refractivity contribution in [1.82, 2.24) is 9.80 Å². The largest absolute Gasteiger partial charge is 0.486 e. The summed E-state index contributed by atoms with van der Waals surface area (Å²) in [6, 6.07) is 7.63. The van der Waals surface area contributed by atoms with E-state index in [0.29, 0.717) is 26.4 Å². The molecule has 2 aliphatic heterocycles. The first kappa shape index (κ1) is 16.5. The van der Waals surface area contributed by atoms with Crippen LogP contribution in [0.5, 0.6) is 11.5 Å². The average molecular weight is 322 g/mol. The fourth-order valence-corrected chi connectivity index (χ4v) is 2.86. The van der Waals surface area contributed by atoms with Crippen LogP contribution in [0.15, 0.2) is 24.3 Å². The number of β-amino-alcohol motifs (C(OH)–C–C–N with tert-alkyl or cyclic N) is 1. The zero-order valence-electron chi connectivity index (χ0n) is 13.7. The number of hydrogen-bond donors (Lipinski definition) is 1. The lowest BCUT2D eigenvalue weighted by molar-refractivity contribution is -0.0315. The third-order valence-corrected chi connectivity index (χ3v) is 4.25. The summed E-state index contributed by atoms with van der Waals surface area (Å²) in [6.07, 6.45) is -0.587. The van der Waals surface area contributed by atoms with E-state index < -0.39 is 6.10 Å². The van der Waals surface area contributed by atoms with Gasteiger partial charge in [-0.2, -0.15) is 0 Å². The second kappa shape index (κ2) is 7.97. The van der Waals surface area contributed by atoms with E-state index in [1.807, 2.05) is 24.3 Å². The highest BCUT2D eigenvalue weighted by atomic mass is 16.6. The molecule has 0 saturated carbocycles. The van der Waals surface area contributed by atoms with E-state index in [4.69, 9.17) is 14.2 Å². The summed E-state index contributed by atoms with van der Waals surface area (Å²) in [7, 11) is 2.13. The second-order valence-electron chi connectivity index (χ2n) is 6.29. The standard InChI is InChI=1S/C17H26N2O4/c1-18-6-8-19(9-7-18)10-14(20)11-21-12-15-13-22-16-4-2-3-5-17(16)23-15/h2-5,14-15,20H,6-13H2,1H3. The zero-order chi connectivity index (χ0) is 16.1. The van der Waals surface area contributed by atoms with Gasteiger partial charge in [0.25, 0.3) is 0 Å². The van der Waals surface area contributed by atoms with Gasteiger partial charge < -0.3 is 24.2 Å². The first-order valence-electron chi connectivity index (χ1n) is 8.26. The number of nitrogens with zero attached hydrogens (tertiary/aromatic N) is 2. The maximum absolute atomic E-state index is 10.1. The normalized spacial score (nSPS) is 23.7. The first-order valence-corrected chi connectivity index (χ1v) is 8.26. The van der Waals surface area contributed by atoms with Crippen LogP contribution < -0.4 is 9.47 Å². The highest BCUT2D eigenvalue weighted by Crippen LogP contribution is 2.30. The summed E-state index contributed by atoms with van der Waals surface area (Å²) < 4.78 is 17.1. The van der Waals surface area contributed by atoms with Crippen LogP contribution in [-0.2, 0) is 4.74 Å². The Balaban J connectivity index is 1.34. The predicted octanol–water partition coefficient (Wildman–Crippen LogP) is 0.451. The Morgan fingerprint density at radius 3 is 2.74 bits per heavy atom. The van der Waals surface area contributed by atoms with Crippen molar-refractivity contribution in [2.24, 2.45) is 0 Å². The van der Waals surface area contributed by atoms with Crippen molar-refractivity contribution in [2.75, 3.05) is 59.6 Å². The third kappa shape index (κ3) is 4.81. The molecule has 0 aliphatic carbocycles. The van der Waals surface area contributed by atoms with Crippen molar-refractivity contribution >= 4 is 0 Å². The number of aliphatic hydroxyl groups excluding tert-OH is 1. The zero-order valence-corrected chi connectivity index (χ0v) is 13.7. The number of aliphatic hydroxyl groups is 1. The van der Waals surface area contributed by atoms with Gasteiger partial charge in [-0.3, -0.25) is 4.90 Å². The number of benzene rings is 1. The summed E-state index contributed by atoms with van der Waals surface area (Å²) in [6.45, 7) is 6.01. The van der Waals surface area contributed by atoms with Gasteiger partial charge in [-0.25, -0.2) is 0 Å². The molecule has 2 heterocycles. The molecule has 1 fully saturated rings. The smallest absolute Gasteiger partial charge is 0.161 e. The summed E-state index contributed by atoms with van der Waals surface area (Å²) in [4.78, 5) is 4.59. The van der Waals surface area contributed by atoms with Crippen LogP contribution in [0.25, 0.3) is 0 Å². The predicted molar refractivity (Wildman–Crippen MR) is 87.1 cm³/mol. The van der Waals surface area contributed by atoms with Gasteiger partial charge in [-0.15, -0.1) is 0 Å². The Morgan fingerprint density at radius 2 is 1.96 bits per heavy atom. The van der Waals surface area contributed by atoms with Gasteiger partial charge in [-0.05, 0) is 19.2 Å². The van der Waals surface area contributed by atoms with E-state index in [1.54, 1.807) is 0 Å². The molecule has 1 aromatic rings. The molecule has 23 heavy (non-hydrogen) atoms. The maximum Gasteiger partial charge on any atom is 0.161 e. The van der Waals surface area contributed by atoms with Crippen LogP contribution >= 0.6 is 0 Å². The van der Waals surface area contributed by atoms with Gasteiger partial charge in [0, 0.05) is 32.7 Å². The SMILES string of the molecule is CN1CCN(CC(O)COCC2COc3ccccc3O2)CC1. The number of likely N-dealkylation sites (N-methyl/N-ethyl adjacent to an activating group) is 1. The number of para-hydroxylation sites is 2. The molecule has 1 N–H and O–H groups in total. The molecule has 0 bridgehead atoms. The molecular weight excluding hydrogens is 296 g/mol. The monoisotopic (exact) mass is 322 g/mol. The van der Waals surface area contributed by atoms with Crippen molar-refractivity contribution in [3.05, 3.63) is 24.3 Å². The Morgan fingerprint density at radius 1 is 1.22 bits per heavy atom. The van der Waals surface area contributed by atoms with Gasteiger partial charge in [-0.1, -0.05) is 12.1 Å². The van der Waals surface area contributed by atoms with Crippen LogP contribution in [0, 0.1) is 0 Å². The van der Waals surface area contributed by atoms with Crippen LogP contribution in [0.2, 0.25) is 0 Å². The minimum Gasteiger partial charge on any atom is -0.486 e. The molecule has 3 rings (SSSR count). The lowest BCUT2D eigenvalue weighted by Gasteiger charge is -2.33. The molecule has 6 nitrogen and oxygen atoms in total. The van der Waals surface area contributed by atoms with E-state index in [9.17, 15) is 5.11 Å². The van der Waals surface area contributed by atoms with Crippen molar-refractivity contribution in [1.29, 1.82) is 0 Å². The lowest BCUT2D eigenvalue weighted by atomic mass is 10.2. The summed E-state index contributed by atoms with van der Waals surface area (Å²) >= 11 is 0. The van der Waals surface area contributed by atoms with Crippen molar-refractivity contribution in [3.63, 3.8) is 0 Å². The Labute approximate surface area is 137 Å². The fraction of sp³-hybridized carbons (Fsp3) is 0.647. The van der Waals surface area contributed by atoms with Crippen LogP contribution in [-0.4, -0.2) is 86.7 Å². The quantitative estimate of drug-likeness (QED) is 0.821. The molecule has 6 heteroatoms. The Bertz CT molecular complexity index is 491. The molecular formula is C17H26N2O4. The maximum atomic E-state index is 10.1. The van der Waals surface area contributed by atoms with E-state index in [-0.39, 0.29) is 6.10 Å². The highest BCUT2D eigenvalue weighted by molar-refractivity contribution is 5.40. The number of hydrogen-bond acceptors (Lipinski definition) is 6. The minimum absolute atomic E-state index is 0.124. The topological polar surface area (TPSA) is 54.4 Å². The molecule has 2 unspecified atom stereocenters. The fourth-order valence-electron chi connectivity index (χ4n) is 2.86. The molecule has 1 saturated heterocycles. The summed E-state index contributed by atoms with van der Waals surface area (Å²) in [5, 5.41) is 10.1. The second-order valence-corrected chi connectivity index (χ2v) is 6.29. The molecule has 128 valence electrons. The lowest BCUT2D eigenvalue weighted by Crippen LogP contribution is -2.47.